The first kappa shape index (κ1) is 15.8. The molecule has 0 saturated carbocycles. The van der Waals surface area contributed by atoms with Crippen molar-refractivity contribution in [2.45, 2.75) is 25.8 Å². The maximum Gasteiger partial charge on any atom is 0.261 e. The lowest BCUT2D eigenvalue weighted by Crippen LogP contribution is -2.26. The normalized spacial score (nSPS) is 11.0. The Hall–Kier alpha value is -2.13. The molecule has 0 fully saturated rings. The summed E-state index contributed by atoms with van der Waals surface area (Å²) < 4.78 is 1.81. The monoisotopic (exact) mass is 326 g/mol. The van der Waals surface area contributed by atoms with Crippen LogP contribution in [0.25, 0.3) is 10.9 Å². The Morgan fingerprint density at radius 2 is 1.70 bits per heavy atom. The van der Waals surface area contributed by atoms with Crippen LogP contribution in [0.2, 0.25) is 0 Å². The van der Waals surface area contributed by atoms with Crippen molar-refractivity contribution in [1.82, 2.24) is 9.55 Å². The van der Waals surface area contributed by atoms with Gasteiger partial charge in [0.2, 0.25) is 0 Å². The van der Waals surface area contributed by atoms with E-state index < -0.39 is 0 Å². The minimum atomic E-state index is 0.0381. The van der Waals surface area contributed by atoms with Gasteiger partial charge >= 0.3 is 0 Å². The van der Waals surface area contributed by atoms with Gasteiger partial charge in [-0.15, -0.1) is 11.6 Å². The first-order valence-electron chi connectivity index (χ1n) is 7.88. The van der Waals surface area contributed by atoms with Gasteiger partial charge in [-0.2, -0.15) is 0 Å². The van der Waals surface area contributed by atoms with Crippen LogP contribution in [0.4, 0.5) is 0 Å². The highest BCUT2D eigenvalue weighted by molar-refractivity contribution is 6.17. The number of benzene rings is 2. The summed E-state index contributed by atoms with van der Waals surface area (Å²) in [4.78, 5) is 17.6. The van der Waals surface area contributed by atoms with Crippen molar-refractivity contribution in [2.24, 2.45) is 0 Å². The second-order valence-electron chi connectivity index (χ2n) is 5.56. The average Bonchev–Trinajstić information content (AvgIpc) is 2.59. The van der Waals surface area contributed by atoms with Crippen LogP contribution in [0.5, 0.6) is 0 Å². The van der Waals surface area contributed by atoms with E-state index in [1.165, 1.54) is 0 Å². The maximum atomic E-state index is 12.8. The number of aromatic nitrogens is 2. The molecule has 0 spiro atoms. The average molecular weight is 327 g/mol. The Kier molecular flexibility index (Phi) is 5.09. The molecule has 3 aromatic rings. The first-order valence-corrected chi connectivity index (χ1v) is 8.41. The number of hydrogen-bond acceptors (Lipinski definition) is 2. The molecule has 0 aliphatic heterocycles. The molecule has 0 aliphatic rings. The molecular weight excluding hydrogens is 308 g/mol. The Bertz CT molecular complexity index is 843. The smallest absolute Gasteiger partial charge is 0.261 e. The van der Waals surface area contributed by atoms with Crippen LogP contribution in [-0.4, -0.2) is 15.4 Å². The van der Waals surface area contributed by atoms with Crippen LogP contribution in [0.3, 0.4) is 0 Å². The molecule has 118 valence electrons. The predicted octanol–water partition coefficient (Wildman–Crippen LogP) is 4.01. The summed E-state index contributed by atoms with van der Waals surface area (Å²) in [5, 5.41) is 0.676. The van der Waals surface area contributed by atoms with Gasteiger partial charge in [-0.1, -0.05) is 42.5 Å². The van der Waals surface area contributed by atoms with E-state index >= 15 is 0 Å². The molecule has 1 aromatic heterocycles. The third kappa shape index (κ3) is 3.62. The number of para-hydroxylation sites is 1. The summed E-state index contributed by atoms with van der Waals surface area (Å²) in [6, 6.07) is 17.7. The Labute approximate surface area is 140 Å². The third-order valence-corrected chi connectivity index (χ3v) is 4.18. The van der Waals surface area contributed by atoms with Gasteiger partial charge in [0, 0.05) is 18.8 Å². The van der Waals surface area contributed by atoms with Crippen LogP contribution >= 0.6 is 11.6 Å². The van der Waals surface area contributed by atoms with E-state index in [9.17, 15) is 4.79 Å². The molecule has 23 heavy (non-hydrogen) atoms. The van der Waals surface area contributed by atoms with Crippen molar-refractivity contribution in [1.29, 1.82) is 0 Å². The van der Waals surface area contributed by atoms with Gasteiger partial charge in [0.05, 0.1) is 10.9 Å². The third-order valence-electron chi connectivity index (χ3n) is 3.91. The van der Waals surface area contributed by atoms with E-state index in [1.54, 1.807) is 0 Å². The number of unbranched alkanes of at least 4 members (excludes halogenated alkanes) is 1. The summed E-state index contributed by atoms with van der Waals surface area (Å²) in [6.07, 6.45) is 2.43. The number of alkyl halides is 1. The molecule has 0 N–H and O–H groups in total. The summed E-state index contributed by atoms with van der Waals surface area (Å²) in [5.41, 5.74) is 1.95. The maximum absolute atomic E-state index is 12.8. The molecule has 3 rings (SSSR count). The molecule has 0 aliphatic carbocycles. The van der Waals surface area contributed by atoms with Crippen molar-refractivity contribution < 1.29 is 0 Å². The molecule has 3 nitrogen and oxygen atoms in total. The van der Waals surface area contributed by atoms with Crippen LogP contribution < -0.4 is 5.56 Å². The standard InChI is InChI=1S/C19H19ClN2O/c20-12-6-7-13-22-18(14-15-8-2-1-3-9-15)21-17-11-5-4-10-16(17)19(22)23/h1-5,8-11H,6-7,12-14H2. The molecule has 0 radical (unpaired) electrons. The van der Waals surface area contributed by atoms with Gasteiger partial charge < -0.3 is 0 Å². The van der Waals surface area contributed by atoms with E-state index in [2.05, 4.69) is 12.1 Å². The summed E-state index contributed by atoms with van der Waals surface area (Å²) in [6.45, 7) is 0.658. The lowest BCUT2D eigenvalue weighted by molar-refractivity contribution is 0.584. The van der Waals surface area contributed by atoms with Crippen LogP contribution in [0, 0.1) is 0 Å². The van der Waals surface area contributed by atoms with E-state index in [1.807, 2.05) is 47.0 Å². The zero-order valence-corrected chi connectivity index (χ0v) is 13.7. The fourth-order valence-electron chi connectivity index (χ4n) is 2.72. The van der Waals surface area contributed by atoms with E-state index in [-0.39, 0.29) is 5.56 Å². The van der Waals surface area contributed by atoms with E-state index in [0.717, 1.165) is 29.7 Å². The first-order chi connectivity index (χ1) is 11.3. The minimum absolute atomic E-state index is 0.0381. The number of fused-ring (bicyclic) bond motifs is 1. The van der Waals surface area contributed by atoms with Crippen molar-refractivity contribution in [3.63, 3.8) is 0 Å². The van der Waals surface area contributed by atoms with Gasteiger partial charge in [-0.05, 0) is 30.5 Å². The van der Waals surface area contributed by atoms with Crippen molar-refractivity contribution >= 4 is 22.5 Å². The zero-order valence-electron chi connectivity index (χ0n) is 12.9. The van der Waals surface area contributed by atoms with Crippen molar-refractivity contribution in [2.75, 3.05) is 5.88 Å². The Balaban J connectivity index is 2.05. The fraction of sp³-hybridized carbons (Fsp3) is 0.263. The van der Waals surface area contributed by atoms with Gasteiger partial charge in [0.15, 0.2) is 0 Å². The van der Waals surface area contributed by atoms with Crippen LogP contribution in [0.15, 0.2) is 59.4 Å². The minimum Gasteiger partial charge on any atom is -0.296 e. The molecule has 0 atom stereocenters. The molecule has 0 saturated heterocycles. The highest BCUT2D eigenvalue weighted by atomic mass is 35.5. The van der Waals surface area contributed by atoms with E-state index in [4.69, 9.17) is 16.6 Å². The Morgan fingerprint density at radius 1 is 0.957 bits per heavy atom. The second kappa shape index (κ2) is 7.42. The highest BCUT2D eigenvalue weighted by Crippen LogP contribution is 2.12. The molecule has 0 bridgehead atoms. The highest BCUT2D eigenvalue weighted by Gasteiger charge is 2.11. The topological polar surface area (TPSA) is 34.9 Å². The van der Waals surface area contributed by atoms with Gasteiger partial charge in [-0.3, -0.25) is 9.36 Å². The van der Waals surface area contributed by atoms with Crippen molar-refractivity contribution in [3.8, 4) is 0 Å². The summed E-state index contributed by atoms with van der Waals surface area (Å²) in [7, 11) is 0. The fourth-order valence-corrected chi connectivity index (χ4v) is 2.91. The SMILES string of the molecule is O=c1c2ccccc2nc(Cc2ccccc2)n1CCCCCl. The lowest BCUT2D eigenvalue weighted by Gasteiger charge is -2.13. The second-order valence-corrected chi connectivity index (χ2v) is 5.94. The molecule has 1 heterocycles. The van der Waals surface area contributed by atoms with Crippen LogP contribution in [0.1, 0.15) is 24.2 Å². The largest absolute Gasteiger partial charge is 0.296 e. The van der Waals surface area contributed by atoms with Gasteiger partial charge in [0.25, 0.3) is 5.56 Å². The van der Waals surface area contributed by atoms with Crippen molar-refractivity contribution in [3.05, 3.63) is 76.3 Å². The molecule has 0 unspecified atom stereocenters. The molecule has 0 amide bonds. The zero-order chi connectivity index (χ0) is 16.1. The van der Waals surface area contributed by atoms with Crippen LogP contribution in [-0.2, 0) is 13.0 Å². The number of rotatable bonds is 6. The summed E-state index contributed by atoms with van der Waals surface area (Å²) >= 11 is 5.77. The van der Waals surface area contributed by atoms with E-state index in [0.29, 0.717) is 24.2 Å². The lowest BCUT2D eigenvalue weighted by atomic mass is 10.1. The quantitative estimate of drug-likeness (QED) is 0.507. The number of halogens is 1. The summed E-state index contributed by atoms with van der Waals surface area (Å²) in [5.74, 6) is 1.43. The predicted molar refractivity (Wildman–Crippen MR) is 95.2 cm³/mol. The number of hydrogen-bond donors (Lipinski definition) is 0. The molecule has 2 aromatic carbocycles. The molecule has 4 heteroatoms. The Morgan fingerprint density at radius 3 is 2.48 bits per heavy atom. The number of nitrogens with zero attached hydrogens (tertiary/aromatic N) is 2. The van der Waals surface area contributed by atoms with Gasteiger partial charge in [-0.25, -0.2) is 4.98 Å². The molecular formula is C19H19ClN2O. The van der Waals surface area contributed by atoms with Gasteiger partial charge in [0.1, 0.15) is 5.82 Å².